The lowest BCUT2D eigenvalue weighted by molar-refractivity contribution is 0.0756. The van der Waals surface area contributed by atoms with Gasteiger partial charge in [-0.1, -0.05) is 38.1 Å². The van der Waals surface area contributed by atoms with E-state index < -0.39 is 29.4 Å². The Morgan fingerprint density at radius 1 is 1.06 bits per heavy atom. The lowest BCUT2D eigenvalue weighted by Gasteiger charge is -2.38. The predicted octanol–water partition coefficient (Wildman–Crippen LogP) is 6.28. The first-order chi connectivity index (χ1) is 16.7. The standard InChI is InChI=1S/C27H23F3N2O3/c1-27(2)13-20-25(35-14-27)24(16-11-10-15(28)12-19(16)30)32(21-8-5-9-22(33)23(21)31-20)26(34)17-6-3-4-7-18(17)29/h3-12,24,31,33H,13-14H2,1-2H3. The molecule has 0 radical (unpaired) electrons. The van der Waals surface area contributed by atoms with E-state index in [0.717, 1.165) is 18.2 Å². The number of amides is 1. The maximum atomic E-state index is 15.3. The minimum Gasteiger partial charge on any atom is -0.506 e. The summed E-state index contributed by atoms with van der Waals surface area (Å²) in [5.41, 5.74) is 0.378. The molecule has 2 heterocycles. The maximum Gasteiger partial charge on any atom is 0.262 e. The number of benzene rings is 3. The zero-order valence-electron chi connectivity index (χ0n) is 19.1. The van der Waals surface area contributed by atoms with Crippen molar-refractivity contribution in [3.05, 3.63) is 101 Å². The van der Waals surface area contributed by atoms with Crippen LogP contribution in [0.4, 0.5) is 24.5 Å². The molecule has 0 saturated carbocycles. The van der Waals surface area contributed by atoms with E-state index in [0.29, 0.717) is 12.1 Å². The molecule has 2 aliphatic heterocycles. The largest absolute Gasteiger partial charge is 0.506 e. The summed E-state index contributed by atoms with van der Waals surface area (Å²) in [6.45, 7) is 4.26. The number of rotatable bonds is 2. The van der Waals surface area contributed by atoms with Crippen LogP contribution in [0.2, 0.25) is 0 Å². The average molecular weight is 480 g/mol. The number of phenols is 1. The van der Waals surface area contributed by atoms with Gasteiger partial charge in [-0.25, -0.2) is 13.2 Å². The van der Waals surface area contributed by atoms with Crippen LogP contribution in [0.5, 0.6) is 5.75 Å². The fourth-order valence-electron chi connectivity index (χ4n) is 4.59. The van der Waals surface area contributed by atoms with Crippen LogP contribution in [0.25, 0.3) is 0 Å². The third-order valence-corrected chi connectivity index (χ3v) is 6.21. The molecular weight excluding hydrogens is 457 g/mol. The van der Waals surface area contributed by atoms with Crippen molar-refractivity contribution in [3.63, 3.8) is 0 Å². The fraction of sp³-hybridized carbons (Fsp3) is 0.222. The zero-order valence-corrected chi connectivity index (χ0v) is 19.1. The van der Waals surface area contributed by atoms with Crippen molar-refractivity contribution >= 4 is 17.3 Å². The second kappa shape index (κ2) is 8.37. The number of anilines is 2. The van der Waals surface area contributed by atoms with E-state index in [9.17, 15) is 18.7 Å². The molecule has 8 heteroatoms. The number of hydrogen-bond donors (Lipinski definition) is 2. The van der Waals surface area contributed by atoms with E-state index in [-0.39, 0.29) is 46.0 Å². The van der Waals surface area contributed by atoms with Gasteiger partial charge in [0.2, 0.25) is 0 Å². The smallest absolute Gasteiger partial charge is 0.262 e. The summed E-state index contributed by atoms with van der Waals surface area (Å²) in [4.78, 5) is 15.1. The number of nitrogens with one attached hydrogen (secondary N) is 1. The second-order valence-electron chi connectivity index (χ2n) is 9.49. The van der Waals surface area contributed by atoms with Crippen LogP contribution >= 0.6 is 0 Å². The molecule has 3 aromatic rings. The summed E-state index contributed by atoms with van der Waals surface area (Å²) >= 11 is 0. The van der Waals surface area contributed by atoms with Crippen LogP contribution in [0.1, 0.15) is 42.2 Å². The van der Waals surface area contributed by atoms with Gasteiger partial charge >= 0.3 is 0 Å². The van der Waals surface area contributed by atoms with Crippen LogP contribution in [-0.4, -0.2) is 17.6 Å². The summed E-state index contributed by atoms with van der Waals surface area (Å²) in [6, 6.07) is 11.9. The number of fused-ring (bicyclic) bond motifs is 1. The van der Waals surface area contributed by atoms with E-state index in [1.807, 2.05) is 13.8 Å². The monoisotopic (exact) mass is 480 g/mol. The molecule has 0 aromatic heterocycles. The number of para-hydroxylation sites is 1. The first-order valence-corrected chi connectivity index (χ1v) is 11.1. The Morgan fingerprint density at radius 3 is 2.57 bits per heavy atom. The number of allylic oxidation sites excluding steroid dienone is 1. The second-order valence-corrected chi connectivity index (χ2v) is 9.49. The highest BCUT2D eigenvalue weighted by atomic mass is 19.1. The Labute approximate surface area is 200 Å². The molecule has 0 saturated heterocycles. The van der Waals surface area contributed by atoms with Crippen molar-refractivity contribution in [2.75, 3.05) is 16.8 Å². The molecular formula is C27H23F3N2O3. The average Bonchev–Trinajstić information content (AvgIpc) is 2.93. The van der Waals surface area contributed by atoms with Crippen molar-refractivity contribution in [1.82, 2.24) is 0 Å². The van der Waals surface area contributed by atoms with Gasteiger partial charge < -0.3 is 15.2 Å². The minimum atomic E-state index is -1.19. The molecule has 2 aliphatic rings. The Bertz CT molecular complexity index is 1370. The molecule has 5 nitrogen and oxygen atoms in total. The van der Waals surface area contributed by atoms with Crippen molar-refractivity contribution in [1.29, 1.82) is 0 Å². The topological polar surface area (TPSA) is 61.8 Å². The van der Waals surface area contributed by atoms with E-state index in [4.69, 9.17) is 4.74 Å². The number of halogens is 3. The van der Waals surface area contributed by atoms with Crippen molar-refractivity contribution in [2.24, 2.45) is 5.41 Å². The van der Waals surface area contributed by atoms with Gasteiger partial charge in [-0.2, -0.15) is 0 Å². The van der Waals surface area contributed by atoms with Crippen LogP contribution in [0, 0.1) is 22.9 Å². The third-order valence-electron chi connectivity index (χ3n) is 6.21. The fourth-order valence-corrected chi connectivity index (χ4v) is 4.59. The number of carbonyl (C=O) groups excluding carboxylic acids is 1. The molecule has 0 fully saturated rings. The predicted molar refractivity (Wildman–Crippen MR) is 125 cm³/mol. The summed E-state index contributed by atoms with van der Waals surface area (Å²) in [5.74, 6) is -3.09. The van der Waals surface area contributed by atoms with Crippen LogP contribution < -0.4 is 10.2 Å². The molecule has 1 atom stereocenters. The lowest BCUT2D eigenvalue weighted by Crippen LogP contribution is -2.39. The number of phenolic OH excluding ortho intramolecular Hbond substituents is 1. The Balaban J connectivity index is 1.82. The van der Waals surface area contributed by atoms with Gasteiger partial charge in [0.1, 0.15) is 40.7 Å². The van der Waals surface area contributed by atoms with Gasteiger partial charge in [0.25, 0.3) is 5.91 Å². The van der Waals surface area contributed by atoms with Crippen molar-refractivity contribution < 1.29 is 27.8 Å². The Kier molecular flexibility index (Phi) is 5.46. The number of nitrogens with zero attached hydrogens (tertiary/aromatic N) is 1. The number of ether oxygens (including phenoxy) is 1. The molecule has 5 rings (SSSR count). The van der Waals surface area contributed by atoms with Gasteiger partial charge in [0.05, 0.1) is 23.6 Å². The SMILES string of the molecule is CC1(C)COC2=C(C1)Nc1c(O)cccc1N(C(=O)c1ccccc1F)C2c1ccc(F)cc1F. The summed E-state index contributed by atoms with van der Waals surface area (Å²) in [7, 11) is 0. The zero-order chi connectivity index (χ0) is 24.9. The van der Waals surface area contributed by atoms with E-state index >= 15 is 4.39 Å². The highest BCUT2D eigenvalue weighted by molar-refractivity contribution is 6.09. The molecule has 0 aliphatic carbocycles. The van der Waals surface area contributed by atoms with Gasteiger partial charge in [-0.3, -0.25) is 9.69 Å². The van der Waals surface area contributed by atoms with Crippen molar-refractivity contribution in [3.8, 4) is 5.75 Å². The molecule has 3 aromatic carbocycles. The normalized spacial score (nSPS) is 18.7. The van der Waals surface area contributed by atoms with Gasteiger partial charge in [-0.05, 0) is 36.8 Å². The van der Waals surface area contributed by atoms with Crippen LogP contribution in [0.3, 0.4) is 0 Å². The van der Waals surface area contributed by atoms with Crippen LogP contribution in [0.15, 0.2) is 72.1 Å². The third kappa shape index (κ3) is 3.99. The molecule has 2 N–H and O–H groups in total. The Morgan fingerprint density at radius 2 is 1.83 bits per heavy atom. The summed E-state index contributed by atoms with van der Waals surface area (Å²) in [6.07, 6.45) is 0.469. The molecule has 1 amide bonds. The summed E-state index contributed by atoms with van der Waals surface area (Å²) < 4.78 is 50.0. The number of aromatic hydroxyl groups is 1. The van der Waals surface area contributed by atoms with E-state index in [1.54, 1.807) is 6.07 Å². The summed E-state index contributed by atoms with van der Waals surface area (Å²) in [5, 5.41) is 13.9. The first-order valence-electron chi connectivity index (χ1n) is 11.1. The minimum absolute atomic E-state index is 0.0266. The molecule has 35 heavy (non-hydrogen) atoms. The highest BCUT2D eigenvalue weighted by Gasteiger charge is 2.43. The van der Waals surface area contributed by atoms with E-state index in [1.165, 1.54) is 41.3 Å². The maximum absolute atomic E-state index is 15.3. The van der Waals surface area contributed by atoms with Crippen molar-refractivity contribution in [2.45, 2.75) is 26.3 Å². The Hall–Kier alpha value is -3.94. The van der Waals surface area contributed by atoms with E-state index in [2.05, 4.69) is 5.32 Å². The van der Waals surface area contributed by atoms with Crippen LogP contribution in [-0.2, 0) is 4.74 Å². The molecule has 0 bridgehead atoms. The lowest BCUT2D eigenvalue weighted by atomic mass is 9.85. The first kappa shape index (κ1) is 22.8. The van der Waals surface area contributed by atoms with Gasteiger partial charge in [0, 0.05) is 17.0 Å². The van der Waals surface area contributed by atoms with Gasteiger partial charge in [0.15, 0.2) is 0 Å². The molecule has 0 spiro atoms. The molecule has 180 valence electrons. The van der Waals surface area contributed by atoms with Gasteiger partial charge in [-0.15, -0.1) is 0 Å². The number of hydrogen-bond acceptors (Lipinski definition) is 4. The highest BCUT2D eigenvalue weighted by Crippen LogP contribution is 2.50. The molecule has 1 unspecified atom stereocenters. The quantitative estimate of drug-likeness (QED) is 0.424. The number of carbonyl (C=O) groups is 1.